The number of carbonyl (C=O) groups is 1. The lowest BCUT2D eigenvalue weighted by atomic mass is 10.3. The monoisotopic (exact) mass is 257 g/mol. The Morgan fingerprint density at radius 2 is 2.38 bits per heavy atom. The molecule has 88 valence electrons. The lowest BCUT2D eigenvalue weighted by molar-refractivity contribution is 0.100. The molecule has 4 nitrogen and oxygen atoms in total. The zero-order chi connectivity index (χ0) is 11.7. The van der Waals surface area contributed by atoms with E-state index in [1.807, 2.05) is 17.8 Å². The summed E-state index contributed by atoms with van der Waals surface area (Å²) < 4.78 is 0. The first kappa shape index (κ1) is 11.6. The highest BCUT2D eigenvalue weighted by atomic mass is 32.2. The fourth-order valence-electron chi connectivity index (χ4n) is 1.76. The molecule has 4 N–H and O–H groups in total. The van der Waals surface area contributed by atoms with Crippen LogP contribution < -0.4 is 16.4 Å². The average Bonchev–Trinajstić information content (AvgIpc) is 2.60. The lowest BCUT2D eigenvalue weighted by Crippen LogP contribution is -2.36. The summed E-state index contributed by atoms with van der Waals surface area (Å²) in [6, 6.07) is 1.85. The van der Waals surface area contributed by atoms with Crippen molar-refractivity contribution in [2.24, 2.45) is 5.73 Å². The summed E-state index contributed by atoms with van der Waals surface area (Å²) in [4.78, 5) is 13.9. The highest BCUT2D eigenvalue weighted by Crippen LogP contribution is 2.34. The topological polar surface area (TPSA) is 72.3 Å². The Morgan fingerprint density at radius 1 is 1.62 bits per heavy atom. The van der Waals surface area contributed by atoms with E-state index in [0.717, 1.165) is 23.8 Å². The Morgan fingerprint density at radius 3 is 2.94 bits per heavy atom. The number of primary amides is 1. The molecule has 6 heteroatoms. The number of nitrogens with two attached hydrogens (primary N) is 2. The van der Waals surface area contributed by atoms with Gasteiger partial charge in [0.15, 0.2) is 0 Å². The van der Waals surface area contributed by atoms with Crippen LogP contribution >= 0.6 is 23.1 Å². The highest BCUT2D eigenvalue weighted by molar-refractivity contribution is 8.00. The second-order valence-corrected chi connectivity index (χ2v) is 6.44. The number of rotatable bonds is 2. The van der Waals surface area contributed by atoms with Crippen molar-refractivity contribution in [1.29, 1.82) is 0 Å². The summed E-state index contributed by atoms with van der Waals surface area (Å²) in [5.41, 5.74) is 11.5. The first-order valence-electron chi connectivity index (χ1n) is 5.13. The highest BCUT2D eigenvalue weighted by Gasteiger charge is 2.20. The molecule has 16 heavy (non-hydrogen) atoms. The molecule has 1 unspecified atom stereocenters. The fraction of sp³-hybridized carbons (Fsp3) is 0.500. The molecular weight excluding hydrogens is 242 g/mol. The van der Waals surface area contributed by atoms with Gasteiger partial charge in [0.05, 0.1) is 10.7 Å². The van der Waals surface area contributed by atoms with Gasteiger partial charge in [-0.05, 0) is 6.07 Å². The standard InChI is InChI=1S/C10H15N3OS2/c1-6-5-13(2-3-15-6)8-4-7(11)9(16-8)10(12)14/h4,6H,2-3,5,11H2,1H3,(H2,12,14). The van der Waals surface area contributed by atoms with Crippen molar-refractivity contribution in [3.8, 4) is 0 Å². The van der Waals surface area contributed by atoms with Crippen molar-refractivity contribution in [2.45, 2.75) is 12.2 Å². The lowest BCUT2D eigenvalue weighted by Gasteiger charge is -2.31. The van der Waals surface area contributed by atoms with Gasteiger partial charge in [-0.1, -0.05) is 6.92 Å². The summed E-state index contributed by atoms with van der Waals surface area (Å²) >= 11 is 3.37. The largest absolute Gasteiger partial charge is 0.397 e. The number of hydrogen-bond donors (Lipinski definition) is 2. The van der Waals surface area contributed by atoms with Crippen molar-refractivity contribution in [1.82, 2.24) is 0 Å². The van der Waals surface area contributed by atoms with Crippen LogP contribution in [0, 0.1) is 0 Å². The zero-order valence-corrected chi connectivity index (χ0v) is 10.7. The number of nitrogen functional groups attached to an aromatic ring is 1. The minimum atomic E-state index is -0.437. The summed E-state index contributed by atoms with van der Waals surface area (Å²) in [7, 11) is 0. The van der Waals surface area contributed by atoms with Crippen LogP contribution in [0.25, 0.3) is 0 Å². The maximum atomic E-state index is 11.1. The summed E-state index contributed by atoms with van der Waals surface area (Å²) in [6.45, 7) is 4.22. The number of anilines is 2. The number of thioether (sulfide) groups is 1. The van der Waals surface area contributed by atoms with Crippen LogP contribution in [0.4, 0.5) is 10.7 Å². The number of hydrogen-bond acceptors (Lipinski definition) is 5. The molecule has 0 aliphatic carbocycles. The van der Waals surface area contributed by atoms with Gasteiger partial charge in [-0.15, -0.1) is 11.3 Å². The Bertz CT molecular complexity index is 405. The smallest absolute Gasteiger partial charge is 0.260 e. The number of amides is 1. The van der Waals surface area contributed by atoms with E-state index in [-0.39, 0.29) is 0 Å². The number of carbonyl (C=O) groups excluding carboxylic acids is 1. The molecule has 1 atom stereocenters. The van der Waals surface area contributed by atoms with E-state index in [4.69, 9.17) is 11.5 Å². The van der Waals surface area contributed by atoms with Gasteiger partial charge in [-0.3, -0.25) is 4.79 Å². The van der Waals surface area contributed by atoms with E-state index in [9.17, 15) is 4.79 Å². The van der Waals surface area contributed by atoms with Crippen LogP contribution in [0.3, 0.4) is 0 Å². The zero-order valence-electron chi connectivity index (χ0n) is 9.10. The van der Waals surface area contributed by atoms with E-state index in [0.29, 0.717) is 15.8 Å². The Hall–Kier alpha value is -0.880. The van der Waals surface area contributed by atoms with Crippen LogP contribution in [0.15, 0.2) is 6.07 Å². The molecule has 1 aliphatic heterocycles. The van der Waals surface area contributed by atoms with Crippen LogP contribution in [0.2, 0.25) is 0 Å². The minimum absolute atomic E-state index is 0.437. The molecular formula is C10H15N3OS2. The van der Waals surface area contributed by atoms with E-state index in [1.54, 1.807) is 0 Å². The maximum Gasteiger partial charge on any atom is 0.260 e. The van der Waals surface area contributed by atoms with Crippen LogP contribution in [-0.2, 0) is 0 Å². The van der Waals surface area contributed by atoms with Crippen molar-refractivity contribution in [3.63, 3.8) is 0 Å². The molecule has 1 saturated heterocycles. The Kier molecular flexibility index (Phi) is 3.30. The summed E-state index contributed by atoms with van der Waals surface area (Å²) in [5, 5.41) is 1.67. The molecule has 0 bridgehead atoms. The number of thiophene rings is 1. The van der Waals surface area contributed by atoms with Gasteiger partial charge in [-0.25, -0.2) is 0 Å². The van der Waals surface area contributed by atoms with Gasteiger partial charge in [0.2, 0.25) is 0 Å². The molecule has 0 radical (unpaired) electrons. The third-order valence-electron chi connectivity index (χ3n) is 2.52. The quantitative estimate of drug-likeness (QED) is 0.839. The van der Waals surface area contributed by atoms with Crippen molar-refractivity contribution >= 4 is 39.7 Å². The first-order valence-corrected chi connectivity index (χ1v) is 7.00. The third kappa shape index (κ3) is 2.27. The van der Waals surface area contributed by atoms with E-state index < -0.39 is 5.91 Å². The predicted molar refractivity (Wildman–Crippen MR) is 71.4 cm³/mol. The Balaban J connectivity index is 2.20. The SMILES string of the molecule is CC1CN(c2cc(N)c(C(N)=O)s2)CCS1. The third-order valence-corrected chi connectivity index (χ3v) is 4.89. The van der Waals surface area contributed by atoms with Crippen molar-refractivity contribution < 1.29 is 4.79 Å². The van der Waals surface area contributed by atoms with Gasteiger partial charge in [0, 0.05) is 24.1 Å². The molecule has 2 heterocycles. The van der Waals surface area contributed by atoms with Crippen LogP contribution in [0.5, 0.6) is 0 Å². The van der Waals surface area contributed by atoms with Gasteiger partial charge < -0.3 is 16.4 Å². The van der Waals surface area contributed by atoms with Gasteiger partial charge in [0.1, 0.15) is 4.88 Å². The normalized spacial score (nSPS) is 21.1. The van der Waals surface area contributed by atoms with E-state index >= 15 is 0 Å². The van der Waals surface area contributed by atoms with Crippen molar-refractivity contribution in [2.75, 3.05) is 29.5 Å². The maximum absolute atomic E-state index is 11.1. The molecule has 0 spiro atoms. The van der Waals surface area contributed by atoms with Gasteiger partial charge >= 0.3 is 0 Å². The molecule has 0 aromatic carbocycles. The van der Waals surface area contributed by atoms with Gasteiger partial charge in [0.25, 0.3) is 5.91 Å². The molecule has 1 fully saturated rings. The van der Waals surface area contributed by atoms with Gasteiger partial charge in [-0.2, -0.15) is 11.8 Å². The molecule has 1 aromatic heterocycles. The predicted octanol–water partition coefficient (Wildman–Crippen LogP) is 1.37. The second-order valence-electron chi connectivity index (χ2n) is 3.86. The van der Waals surface area contributed by atoms with Crippen molar-refractivity contribution in [3.05, 3.63) is 10.9 Å². The minimum Gasteiger partial charge on any atom is -0.397 e. The molecule has 1 aromatic rings. The fourth-order valence-corrected chi connectivity index (χ4v) is 3.74. The molecule has 1 amide bonds. The number of nitrogens with zero attached hydrogens (tertiary/aromatic N) is 1. The Labute approximate surface area is 103 Å². The van der Waals surface area contributed by atoms with E-state index in [1.165, 1.54) is 11.3 Å². The molecule has 1 aliphatic rings. The van der Waals surface area contributed by atoms with Crippen LogP contribution in [-0.4, -0.2) is 30.0 Å². The summed E-state index contributed by atoms with van der Waals surface area (Å²) in [5.74, 6) is 0.679. The summed E-state index contributed by atoms with van der Waals surface area (Å²) in [6.07, 6.45) is 0. The first-order chi connectivity index (χ1) is 7.58. The average molecular weight is 257 g/mol. The second kappa shape index (κ2) is 4.55. The molecule has 0 saturated carbocycles. The molecule has 2 rings (SSSR count). The van der Waals surface area contributed by atoms with Crippen LogP contribution in [0.1, 0.15) is 16.6 Å². The van der Waals surface area contributed by atoms with E-state index in [2.05, 4.69) is 11.8 Å².